The molecule has 2 rings (SSSR count). The average molecular weight is 408 g/mol. The van der Waals surface area contributed by atoms with E-state index in [-0.39, 0.29) is 6.61 Å². The lowest BCUT2D eigenvalue weighted by Gasteiger charge is -2.15. The first kappa shape index (κ1) is 21.4. The van der Waals surface area contributed by atoms with Crippen LogP contribution in [-0.4, -0.2) is 38.3 Å². The van der Waals surface area contributed by atoms with E-state index in [1.807, 2.05) is 6.92 Å². The highest BCUT2D eigenvalue weighted by Gasteiger charge is 2.19. The second kappa shape index (κ2) is 10.4. The predicted octanol–water partition coefficient (Wildman–Crippen LogP) is 3.70. The number of ether oxygens (including phenoxy) is 4. The van der Waals surface area contributed by atoms with Crippen molar-refractivity contribution in [2.45, 2.75) is 20.0 Å². The van der Waals surface area contributed by atoms with Crippen LogP contribution in [0.3, 0.4) is 0 Å². The molecule has 0 aromatic heterocycles. The zero-order chi connectivity index (χ0) is 20.5. The molecule has 1 N–H and O–H groups in total. The van der Waals surface area contributed by atoms with Gasteiger partial charge in [-0.15, -0.1) is 0 Å². The lowest BCUT2D eigenvalue weighted by atomic mass is 10.2. The van der Waals surface area contributed by atoms with Gasteiger partial charge in [0.1, 0.15) is 17.2 Å². The number of rotatable bonds is 9. The molecular weight excluding hydrogens is 386 g/mol. The van der Waals surface area contributed by atoms with Crippen molar-refractivity contribution in [2.75, 3.05) is 25.6 Å². The summed E-state index contributed by atoms with van der Waals surface area (Å²) in [5.41, 5.74) is 0.383. The van der Waals surface area contributed by atoms with Crippen molar-refractivity contribution in [3.05, 3.63) is 47.5 Å². The summed E-state index contributed by atoms with van der Waals surface area (Å²) in [5.74, 6) is 0.444. The molecule has 2 aromatic carbocycles. The summed E-state index contributed by atoms with van der Waals surface area (Å²) < 4.78 is 20.9. The van der Waals surface area contributed by atoms with E-state index in [2.05, 4.69) is 5.32 Å². The summed E-state index contributed by atoms with van der Waals surface area (Å²) in [6.45, 7) is 3.58. The number of carbonyl (C=O) groups excluding carboxylic acids is 2. The Bertz CT molecular complexity index is 809. The van der Waals surface area contributed by atoms with Crippen LogP contribution in [0.5, 0.6) is 17.2 Å². The average Bonchev–Trinajstić information content (AvgIpc) is 2.68. The smallest absolute Gasteiger partial charge is 0.344 e. The number of methoxy groups -OCH3 is 1. The van der Waals surface area contributed by atoms with E-state index < -0.39 is 18.0 Å². The first-order valence-electron chi connectivity index (χ1n) is 8.62. The van der Waals surface area contributed by atoms with Gasteiger partial charge in [-0.3, -0.25) is 4.79 Å². The molecule has 0 heterocycles. The maximum Gasteiger partial charge on any atom is 0.344 e. The maximum atomic E-state index is 12.3. The fraction of sp³-hybridized carbons (Fsp3) is 0.300. The van der Waals surface area contributed by atoms with Gasteiger partial charge in [-0.05, 0) is 56.3 Å². The lowest BCUT2D eigenvalue weighted by Crippen LogP contribution is -2.31. The Kier molecular flexibility index (Phi) is 7.95. The van der Waals surface area contributed by atoms with Gasteiger partial charge in [-0.2, -0.15) is 0 Å². The third-order valence-corrected chi connectivity index (χ3v) is 3.82. The van der Waals surface area contributed by atoms with Crippen LogP contribution in [0, 0.1) is 0 Å². The Morgan fingerprint density at radius 3 is 2.32 bits per heavy atom. The van der Waals surface area contributed by atoms with E-state index >= 15 is 0 Å². The van der Waals surface area contributed by atoms with Crippen molar-refractivity contribution in [3.8, 4) is 17.2 Å². The van der Waals surface area contributed by atoms with Crippen molar-refractivity contribution < 1.29 is 28.5 Å². The molecule has 0 saturated heterocycles. The Balaban J connectivity index is 1.84. The van der Waals surface area contributed by atoms with Crippen LogP contribution in [0.1, 0.15) is 13.8 Å². The summed E-state index contributed by atoms with van der Waals surface area (Å²) >= 11 is 5.93. The zero-order valence-electron chi connectivity index (χ0n) is 15.9. The number of halogens is 1. The van der Waals surface area contributed by atoms with Gasteiger partial charge in [0, 0.05) is 5.02 Å². The van der Waals surface area contributed by atoms with Gasteiger partial charge in [0.15, 0.2) is 12.7 Å². The fourth-order valence-electron chi connectivity index (χ4n) is 2.24. The van der Waals surface area contributed by atoms with Crippen molar-refractivity contribution in [1.82, 2.24) is 0 Å². The zero-order valence-corrected chi connectivity index (χ0v) is 16.6. The Labute approximate surface area is 168 Å². The van der Waals surface area contributed by atoms with Gasteiger partial charge in [-0.25, -0.2) is 4.79 Å². The van der Waals surface area contributed by atoms with Gasteiger partial charge >= 0.3 is 5.97 Å². The normalized spacial score (nSPS) is 11.3. The highest BCUT2D eigenvalue weighted by molar-refractivity contribution is 6.31. The summed E-state index contributed by atoms with van der Waals surface area (Å²) in [7, 11) is 1.47. The number of esters is 1. The largest absolute Gasteiger partial charge is 0.495 e. The first-order valence-corrected chi connectivity index (χ1v) is 9.00. The van der Waals surface area contributed by atoms with E-state index in [0.717, 1.165) is 0 Å². The molecule has 0 aliphatic rings. The molecule has 28 heavy (non-hydrogen) atoms. The van der Waals surface area contributed by atoms with Gasteiger partial charge in [0.05, 0.1) is 19.4 Å². The van der Waals surface area contributed by atoms with Crippen molar-refractivity contribution >= 4 is 29.2 Å². The highest BCUT2D eigenvalue weighted by atomic mass is 35.5. The molecule has 0 unspecified atom stereocenters. The molecule has 150 valence electrons. The number of nitrogens with one attached hydrogen (secondary N) is 1. The number of anilines is 1. The number of benzene rings is 2. The van der Waals surface area contributed by atoms with Gasteiger partial charge in [0.25, 0.3) is 5.91 Å². The molecule has 1 atom stereocenters. The maximum absolute atomic E-state index is 12.3. The molecule has 0 fully saturated rings. The molecule has 8 heteroatoms. The first-order chi connectivity index (χ1) is 13.4. The number of carbonyl (C=O) groups is 2. The minimum absolute atomic E-state index is 0.327. The van der Waals surface area contributed by atoms with Gasteiger partial charge < -0.3 is 24.3 Å². The Morgan fingerprint density at radius 1 is 1.07 bits per heavy atom. The van der Waals surface area contributed by atoms with Crippen molar-refractivity contribution in [2.24, 2.45) is 0 Å². The topological polar surface area (TPSA) is 83.1 Å². The third kappa shape index (κ3) is 6.35. The number of hydrogen-bond acceptors (Lipinski definition) is 6. The van der Waals surface area contributed by atoms with Gasteiger partial charge in [0.2, 0.25) is 0 Å². The summed E-state index contributed by atoms with van der Waals surface area (Å²) in [6.07, 6.45) is -1.03. The van der Waals surface area contributed by atoms with E-state index in [4.69, 9.17) is 30.5 Å². The molecular formula is C20H22ClNO6. The summed E-state index contributed by atoms with van der Waals surface area (Å²) in [4.78, 5) is 24.2. The lowest BCUT2D eigenvalue weighted by molar-refractivity contribution is -0.155. The standard InChI is InChI=1S/C20H22ClNO6/c1-4-26-15-6-8-16(9-7-15)27-12-19(23)28-13(2)20(24)22-17-11-14(21)5-10-18(17)25-3/h5-11,13H,4,12H2,1-3H3,(H,22,24)/t13-/m0/s1. The molecule has 0 saturated carbocycles. The van der Waals surface area contributed by atoms with Crippen LogP contribution < -0.4 is 19.5 Å². The molecule has 0 bridgehead atoms. The minimum atomic E-state index is -1.03. The molecule has 0 aliphatic carbocycles. The number of amides is 1. The van der Waals surface area contributed by atoms with E-state index in [0.29, 0.717) is 34.6 Å². The summed E-state index contributed by atoms with van der Waals surface area (Å²) in [6, 6.07) is 11.6. The minimum Gasteiger partial charge on any atom is -0.495 e. The summed E-state index contributed by atoms with van der Waals surface area (Å²) in [5, 5.41) is 3.05. The van der Waals surface area contributed by atoms with E-state index in [1.165, 1.54) is 14.0 Å². The molecule has 1 amide bonds. The van der Waals surface area contributed by atoms with E-state index in [9.17, 15) is 9.59 Å². The van der Waals surface area contributed by atoms with Crippen molar-refractivity contribution in [3.63, 3.8) is 0 Å². The Hall–Kier alpha value is -2.93. The van der Waals surface area contributed by atoms with Crippen LogP contribution >= 0.6 is 11.6 Å². The molecule has 0 aliphatic heterocycles. The van der Waals surface area contributed by atoms with Crippen LogP contribution in [0.2, 0.25) is 5.02 Å². The van der Waals surface area contributed by atoms with Crippen LogP contribution in [0.25, 0.3) is 0 Å². The van der Waals surface area contributed by atoms with E-state index in [1.54, 1.807) is 42.5 Å². The third-order valence-electron chi connectivity index (χ3n) is 3.59. The highest BCUT2D eigenvalue weighted by Crippen LogP contribution is 2.27. The Morgan fingerprint density at radius 2 is 1.71 bits per heavy atom. The molecule has 0 radical (unpaired) electrons. The van der Waals surface area contributed by atoms with Crippen LogP contribution in [0.15, 0.2) is 42.5 Å². The number of hydrogen-bond donors (Lipinski definition) is 1. The molecule has 0 spiro atoms. The van der Waals surface area contributed by atoms with Gasteiger partial charge in [-0.1, -0.05) is 11.6 Å². The SMILES string of the molecule is CCOc1ccc(OCC(=O)O[C@@H](C)C(=O)Nc2cc(Cl)ccc2OC)cc1. The monoisotopic (exact) mass is 407 g/mol. The van der Waals surface area contributed by atoms with Crippen LogP contribution in [0.4, 0.5) is 5.69 Å². The molecule has 7 nitrogen and oxygen atoms in total. The van der Waals surface area contributed by atoms with Crippen molar-refractivity contribution in [1.29, 1.82) is 0 Å². The predicted molar refractivity (Wildman–Crippen MR) is 105 cm³/mol. The van der Waals surface area contributed by atoms with Crippen LogP contribution in [-0.2, 0) is 14.3 Å². The second-order valence-electron chi connectivity index (χ2n) is 5.66. The molecule has 2 aromatic rings. The fourth-order valence-corrected chi connectivity index (χ4v) is 2.41. The quantitative estimate of drug-likeness (QED) is 0.638. The second-order valence-corrected chi connectivity index (χ2v) is 6.10.